The molecule has 0 saturated carbocycles. The number of nitrogens with zero attached hydrogens (tertiary/aromatic N) is 3. The van der Waals surface area contributed by atoms with Crippen LogP contribution in [0.5, 0.6) is 5.75 Å². The molecule has 24 heavy (non-hydrogen) atoms. The molecule has 128 valence electrons. The number of anilines is 1. The maximum Gasteiger partial charge on any atom is 0.273 e. The molecular formula is C15H19N5O3S. The largest absolute Gasteiger partial charge is 0.494 e. The van der Waals surface area contributed by atoms with Crippen LogP contribution in [0.3, 0.4) is 0 Å². The molecule has 0 bridgehead atoms. The third-order valence-corrected chi connectivity index (χ3v) is 3.70. The summed E-state index contributed by atoms with van der Waals surface area (Å²) in [5.74, 6) is 0.350. The summed E-state index contributed by atoms with van der Waals surface area (Å²) in [4.78, 5) is 10.3. The zero-order chi connectivity index (χ0) is 17.7. The van der Waals surface area contributed by atoms with Crippen molar-refractivity contribution >= 4 is 28.7 Å². The molecule has 0 radical (unpaired) electrons. The van der Waals surface area contributed by atoms with E-state index < -0.39 is 4.92 Å². The van der Waals surface area contributed by atoms with Crippen molar-refractivity contribution in [2.45, 2.75) is 26.9 Å². The van der Waals surface area contributed by atoms with E-state index in [1.807, 2.05) is 24.7 Å². The van der Waals surface area contributed by atoms with Crippen LogP contribution >= 0.6 is 12.2 Å². The summed E-state index contributed by atoms with van der Waals surface area (Å²) in [5.41, 5.74) is 2.51. The molecule has 8 nitrogen and oxygen atoms in total. The number of nitrogens with one attached hydrogen (secondary N) is 2. The lowest BCUT2D eigenvalue weighted by atomic mass is 10.2. The van der Waals surface area contributed by atoms with Gasteiger partial charge in [0.1, 0.15) is 5.75 Å². The fourth-order valence-corrected chi connectivity index (χ4v) is 2.32. The average molecular weight is 349 g/mol. The molecule has 0 saturated heterocycles. The SMILES string of the molecule is CCn1cc(CNC(=S)Nc2ccc([N+](=O)[O-])cc2OC)c(C)n1. The highest BCUT2D eigenvalue weighted by atomic mass is 32.1. The number of aryl methyl sites for hydroxylation is 2. The Balaban J connectivity index is 2.01. The van der Waals surface area contributed by atoms with Crippen LogP contribution in [0.15, 0.2) is 24.4 Å². The van der Waals surface area contributed by atoms with Gasteiger partial charge in [0.15, 0.2) is 5.11 Å². The number of methoxy groups -OCH3 is 1. The third-order valence-electron chi connectivity index (χ3n) is 3.46. The fourth-order valence-electron chi connectivity index (χ4n) is 2.13. The Hall–Kier alpha value is -2.68. The molecule has 0 unspecified atom stereocenters. The van der Waals surface area contributed by atoms with Crippen LogP contribution in [-0.2, 0) is 13.1 Å². The Morgan fingerprint density at radius 1 is 1.50 bits per heavy atom. The van der Waals surface area contributed by atoms with Gasteiger partial charge in [0, 0.05) is 30.9 Å². The Kier molecular flexibility index (Phi) is 5.69. The van der Waals surface area contributed by atoms with E-state index in [0.717, 1.165) is 17.8 Å². The van der Waals surface area contributed by atoms with Crippen molar-refractivity contribution in [2.75, 3.05) is 12.4 Å². The number of hydrogen-bond acceptors (Lipinski definition) is 5. The van der Waals surface area contributed by atoms with E-state index in [1.54, 1.807) is 6.07 Å². The molecule has 0 aliphatic rings. The lowest BCUT2D eigenvalue weighted by Gasteiger charge is -2.13. The van der Waals surface area contributed by atoms with Crippen LogP contribution in [0.1, 0.15) is 18.2 Å². The molecule has 2 N–H and O–H groups in total. The van der Waals surface area contributed by atoms with Gasteiger partial charge in [0.2, 0.25) is 0 Å². The molecule has 0 amide bonds. The van der Waals surface area contributed by atoms with Crippen molar-refractivity contribution < 1.29 is 9.66 Å². The summed E-state index contributed by atoms with van der Waals surface area (Å²) >= 11 is 5.27. The second-order valence-electron chi connectivity index (χ2n) is 5.04. The number of aromatic nitrogens is 2. The quantitative estimate of drug-likeness (QED) is 0.470. The molecule has 0 aliphatic heterocycles. The number of thiocarbonyl (C=S) groups is 1. The number of hydrogen-bond donors (Lipinski definition) is 2. The van der Waals surface area contributed by atoms with Gasteiger partial charge in [-0.25, -0.2) is 0 Å². The summed E-state index contributed by atoms with van der Waals surface area (Å²) in [6.45, 7) is 5.31. The zero-order valence-corrected chi connectivity index (χ0v) is 14.5. The average Bonchev–Trinajstić information content (AvgIpc) is 2.93. The molecule has 9 heteroatoms. The number of benzene rings is 1. The van der Waals surface area contributed by atoms with Crippen molar-refractivity contribution in [2.24, 2.45) is 0 Å². The highest BCUT2D eigenvalue weighted by molar-refractivity contribution is 7.80. The lowest BCUT2D eigenvalue weighted by molar-refractivity contribution is -0.384. The van der Waals surface area contributed by atoms with E-state index >= 15 is 0 Å². The predicted molar refractivity (Wildman–Crippen MR) is 95.3 cm³/mol. The number of rotatable bonds is 6. The minimum absolute atomic E-state index is 0.0427. The second kappa shape index (κ2) is 7.73. The lowest BCUT2D eigenvalue weighted by Crippen LogP contribution is -2.28. The highest BCUT2D eigenvalue weighted by Crippen LogP contribution is 2.28. The van der Waals surface area contributed by atoms with Gasteiger partial charge in [-0.3, -0.25) is 14.8 Å². The van der Waals surface area contributed by atoms with Crippen LogP contribution < -0.4 is 15.4 Å². The van der Waals surface area contributed by atoms with E-state index in [1.165, 1.54) is 19.2 Å². The van der Waals surface area contributed by atoms with Gasteiger partial charge in [0.25, 0.3) is 5.69 Å². The molecule has 0 atom stereocenters. The molecule has 0 fully saturated rings. The third kappa shape index (κ3) is 4.19. The zero-order valence-electron chi connectivity index (χ0n) is 13.7. The maximum absolute atomic E-state index is 10.8. The van der Waals surface area contributed by atoms with E-state index in [9.17, 15) is 10.1 Å². The summed E-state index contributed by atoms with van der Waals surface area (Å²) < 4.78 is 7.03. The first-order valence-electron chi connectivity index (χ1n) is 7.34. The Morgan fingerprint density at radius 2 is 2.25 bits per heavy atom. The summed E-state index contributed by atoms with van der Waals surface area (Å²) in [6.07, 6.45) is 1.97. The second-order valence-corrected chi connectivity index (χ2v) is 5.45. The summed E-state index contributed by atoms with van der Waals surface area (Å²) in [7, 11) is 1.45. The van der Waals surface area contributed by atoms with Crippen LogP contribution in [0.25, 0.3) is 0 Å². The minimum atomic E-state index is -0.475. The van der Waals surface area contributed by atoms with Crippen molar-refractivity contribution in [1.82, 2.24) is 15.1 Å². The predicted octanol–water partition coefficient (Wildman–Crippen LogP) is 2.61. The minimum Gasteiger partial charge on any atom is -0.494 e. The number of nitro benzene ring substituents is 1. The van der Waals surface area contributed by atoms with Gasteiger partial charge in [-0.1, -0.05) is 0 Å². The van der Waals surface area contributed by atoms with E-state index in [-0.39, 0.29) is 5.69 Å². The van der Waals surface area contributed by atoms with Crippen molar-refractivity contribution in [1.29, 1.82) is 0 Å². The Bertz CT molecular complexity index is 760. The Morgan fingerprint density at radius 3 is 2.83 bits per heavy atom. The monoisotopic (exact) mass is 349 g/mol. The van der Waals surface area contributed by atoms with Crippen LogP contribution in [0, 0.1) is 17.0 Å². The fraction of sp³-hybridized carbons (Fsp3) is 0.333. The van der Waals surface area contributed by atoms with Gasteiger partial charge in [-0.05, 0) is 32.1 Å². The van der Waals surface area contributed by atoms with E-state index in [4.69, 9.17) is 17.0 Å². The van der Waals surface area contributed by atoms with Gasteiger partial charge < -0.3 is 15.4 Å². The normalized spacial score (nSPS) is 10.3. The molecule has 1 heterocycles. The molecule has 1 aromatic heterocycles. The first-order valence-corrected chi connectivity index (χ1v) is 7.75. The smallest absolute Gasteiger partial charge is 0.273 e. The first-order chi connectivity index (χ1) is 11.4. The number of nitro groups is 1. The summed E-state index contributed by atoms with van der Waals surface area (Å²) in [5, 5.41) is 21.6. The maximum atomic E-state index is 10.8. The molecule has 0 aliphatic carbocycles. The standard InChI is InChI=1S/C15H19N5O3S/c1-4-19-9-11(10(2)18-19)8-16-15(24)17-13-6-5-12(20(21)22)7-14(13)23-3/h5-7,9H,4,8H2,1-3H3,(H2,16,17,24). The Labute approximate surface area is 145 Å². The van der Waals surface area contributed by atoms with Crippen molar-refractivity contribution in [3.63, 3.8) is 0 Å². The van der Waals surface area contributed by atoms with Crippen molar-refractivity contribution in [3.05, 3.63) is 45.8 Å². The van der Waals surface area contributed by atoms with Gasteiger partial charge in [-0.15, -0.1) is 0 Å². The van der Waals surface area contributed by atoms with Gasteiger partial charge >= 0.3 is 0 Å². The topological polar surface area (TPSA) is 94.2 Å². The molecule has 1 aromatic carbocycles. The summed E-state index contributed by atoms with van der Waals surface area (Å²) in [6, 6.07) is 4.30. The first kappa shape index (κ1) is 17.7. The molecule has 0 spiro atoms. The number of non-ortho nitro benzene ring substituents is 1. The number of ether oxygens (including phenoxy) is 1. The van der Waals surface area contributed by atoms with Crippen LogP contribution in [0.4, 0.5) is 11.4 Å². The van der Waals surface area contributed by atoms with Gasteiger partial charge in [0.05, 0.1) is 29.5 Å². The van der Waals surface area contributed by atoms with E-state index in [2.05, 4.69) is 15.7 Å². The van der Waals surface area contributed by atoms with Crippen molar-refractivity contribution in [3.8, 4) is 5.75 Å². The van der Waals surface area contributed by atoms with Crippen LogP contribution in [-0.4, -0.2) is 26.9 Å². The molecular weight excluding hydrogens is 330 g/mol. The van der Waals surface area contributed by atoms with Gasteiger partial charge in [-0.2, -0.15) is 5.10 Å². The van der Waals surface area contributed by atoms with Crippen LogP contribution in [0.2, 0.25) is 0 Å². The molecule has 2 aromatic rings. The highest BCUT2D eigenvalue weighted by Gasteiger charge is 2.12. The van der Waals surface area contributed by atoms with E-state index in [0.29, 0.717) is 23.1 Å². The molecule has 2 rings (SSSR count).